The Morgan fingerprint density at radius 2 is 1.76 bits per heavy atom. The average Bonchev–Trinajstić information content (AvgIpc) is 3.08. The fraction of sp³-hybridized carbons (Fsp3) is 0.400. The number of nitrogens with zero attached hydrogens (tertiary/aromatic N) is 3. The van der Waals surface area contributed by atoms with Gasteiger partial charge < -0.3 is 10.2 Å². The molecule has 5 rings (SSSR count). The second-order valence-electron chi connectivity index (χ2n) is 12.6. The number of para-hydroxylation sites is 1. The van der Waals surface area contributed by atoms with Crippen molar-refractivity contribution in [2.75, 3.05) is 29.9 Å². The quantitative estimate of drug-likeness (QED) is 0.375. The SMILES string of the molecule is CC(CCc1ccc(N2CCN(C3c4ccccc4NC(=O)c4ccccc43)CC2C)c(C#N)c1)C(=O)C(C)(C)C. The largest absolute Gasteiger partial charge is 0.365 e. The number of carbonyl (C=O) groups excluding carboxylic acids is 2. The summed E-state index contributed by atoms with van der Waals surface area (Å²) in [5.41, 5.74) is 6.09. The molecule has 2 heterocycles. The summed E-state index contributed by atoms with van der Waals surface area (Å²) >= 11 is 0. The summed E-state index contributed by atoms with van der Waals surface area (Å²) < 4.78 is 0. The zero-order valence-corrected chi connectivity index (χ0v) is 24.8. The first-order chi connectivity index (χ1) is 19.6. The summed E-state index contributed by atoms with van der Waals surface area (Å²) in [5.74, 6) is 0.191. The third-order valence-corrected chi connectivity index (χ3v) is 8.57. The van der Waals surface area contributed by atoms with Gasteiger partial charge in [0, 0.05) is 48.3 Å². The molecule has 0 bridgehead atoms. The van der Waals surface area contributed by atoms with E-state index >= 15 is 0 Å². The number of ketones is 1. The molecule has 2 aliphatic heterocycles. The molecule has 0 spiro atoms. The van der Waals surface area contributed by atoms with E-state index in [4.69, 9.17) is 0 Å². The van der Waals surface area contributed by atoms with E-state index in [1.165, 1.54) is 0 Å². The lowest BCUT2D eigenvalue weighted by atomic mass is 9.81. The van der Waals surface area contributed by atoms with E-state index in [1.807, 2.05) is 70.2 Å². The molecule has 41 heavy (non-hydrogen) atoms. The Labute approximate surface area is 244 Å². The molecule has 6 heteroatoms. The molecule has 2 aliphatic rings. The van der Waals surface area contributed by atoms with Crippen LogP contribution in [0.4, 0.5) is 11.4 Å². The number of nitrogens with one attached hydrogen (secondary N) is 1. The molecule has 3 atom stereocenters. The van der Waals surface area contributed by atoms with Gasteiger partial charge >= 0.3 is 0 Å². The standard InChI is InChI=1S/C35H40N4O2/c1-23(33(40)35(3,4)5)14-15-25-16-17-31(26(20-25)21-36)39-19-18-38(22-24(39)2)32-27-10-6-7-11-28(27)34(41)37-30-13-9-8-12-29(30)32/h6-13,16-17,20,23-24,32H,14-15,18-19,22H2,1-5H3,(H,37,41). The van der Waals surface area contributed by atoms with Crippen molar-refractivity contribution in [2.24, 2.45) is 11.3 Å². The molecule has 1 saturated heterocycles. The second-order valence-corrected chi connectivity index (χ2v) is 12.6. The van der Waals surface area contributed by atoms with E-state index in [-0.39, 0.29) is 35.1 Å². The first-order valence-electron chi connectivity index (χ1n) is 14.7. The van der Waals surface area contributed by atoms with Crippen molar-refractivity contribution < 1.29 is 9.59 Å². The van der Waals surface area contributed by atoms with Crippen LogP contribution in [0, 0.1) is 22.7 Å². The van der Waals surface area contributed by atoms with Crippen LogP contribution in [-0.4, -0.2) is 42.3 Å². The molecule has 0 aliphatic carbocycles. The van der Waals surface area contributed by atoms with Gasteiger partial charge in [0.15, 0.2) is 0 Å². The van der Waals surface area contributed by atoms with Gasteiger partial charge in [-0.25, -0.2) is 0 Å². The first-order valence-corrected chi connectivity index (χ1v) is 14.7. The predicted octanol–water partition coefficient (Wildman–Crippen LogP) is 6.61. The normalized spacial score (nSPS) is 19.8. The molecule has 0 aromatic heterocycles. The highest BCUT2D eigenvalue weighted by molar-refractivity contribution is 6.07. The number of nitriles is 1. The minimum Gasteiger partial charge on any atom is -0.365 e. The molecule has 1 amide bonds. The van der Waals surface area contributed by atoms with Crippen LogP contribution < -0.4 is 10.2 Å². The average molecular weight is 549 g/mol. The highest BCUT2D eigenvalue weighted by Crippen LogP contribution is 2.39. The zero-order chi connectivity index (χ0) is 29.3. The van der Waals surface area contributed by atoms with Gasteiger partial charge in [-0.1, -0.05) is 70.2 Å². The van der Waals surface area contributed by atoms with E-state index in [0.717, 1.165) is 60.5 Å². The second kappa shape index (κ2) is 11.5. The fourth-order valence-corrected chi connectivity index (χ4v) is 6.45. The number of benzene rings is 3. The van der Waals surface area contributed by atoms with Crippen LogP contribution in [-0.2, 0) is 11.2 Å². The van der Waals surface area contributed by atoms with Crippen LogP contribution in [0.5, 0.6) is 0 Å². The van der Waals surface area contributed by atoms with Crippen molar-refractivity contribution in [2.45, 2.75) is 59.5 Å². The van der Waals surface area contributed by atoms with Crippen LogP contribution in [0.3, 0.4) is 0 Å². The van der Waals surface area contributed by atoms with Crippen molar-refractivity contribution in [1.82, 2.24) is 4.90 Å². The highest BCUT2D eigenvalue weighted by atomic mass is 16.1. The Morgan fingerprint density at radius 3 is 2.46 bits per heavy atom. The summed E-state index contributed by atoms with van der Waals surface area (Å²) in [6, 6.07) is 24.7. The smallest absolute Gasteiger partial charge is 0.256 e. The number of carbonyl (C=O) groups is 2. The van der Waals surface area contributed by atoms with Crippen LogP contribution in [0.25, 0.3) is 0 Å². The lowest BCUT2D eigenvalue weighted by molar-refractivity contribution is -0.130. The Hall–Kier alpha value is -3.95. The number of hydrogen-bond acceptors (Lipinski definition) is 5. The maximum Gasteiger partial charge on any atom is 0.256 e. The Bertz CT molecular complexity index is 1500. The van der Waals surface area contributed by atoms with Crippen molar-refractivity contribution in [3.05, 3.63) is 94.5 Å². The van der Waals surface area contributed by atoms with Gasteiger partial charge in [-0.2, -0.15) is 5.26 Å². The fourth-order valence-electron chi connectivity index (χ4n) is 6.45. The molecule has 1 N–H and O–H groups in total. The van der Waals surface area contributed by atoms with E-state index in [9.17, 15) is 14.9 Å². The van der Waals surface area contributed by atoms with Crippen molar-refractivity contribution in [1.29, 1.82) is 5.26 Å². The van der Waals surface area contributed by atoms with E-state index in [0.29, 0.717) is 11.1 Å². The first kappa shape index (κ1) is 28.6. The number of amides is 1. The minimum atomic E-state index is -0.341. The molecule has 1 fully saturated rings. The molecule has 212 valence electrons. The molecular formula is C35H40N4O2. The van der Waals surface area contributed by atoms with Crippen molar-refractivity contribution in [3.63, 3.8) is 0 Å². The Balaban J connectivity index is 1.35. The van der Waals surface area contributed by atoms with E-state index in [2.05, 4.69) is 52.4 Å². The maximum absolute atomic E-state index is 13.1. The molecule has 3 aromatic carbocycles. The van der Waals surface area contributed by atoms with Crippen LogP contribution >= 0.6 is 0 Å². The third-order valence-electron chi connectivity index (χ3n) is 8.57. The maximum atomic E-state index is 13.1. The zero-order valence-electron chi connectivity index (χ0n) is 24.8. The molecule has 6 nitrogen and oxygen atoms in total. The number of piperazine rings is 1. The van der Waals surface area contributed by atoms with Gasteiger partial charge in [0.2, 0.25) is 0 Å². The molecular weight excluding hydrogens is 508 g/mol. The molecule has 3 aromatic rings. The van der Waals surface area contributed by atoms with E-state index in [1.54, 1.807) is 0 Å². The summed E-state index contributed by atoms with van der Waals surface area (Å²) in [4.78, 5) is 30.5. The van der Waals surface area contributed by atoms with Crippen molar-refractivity contribution >= 4 is 23.1 Å². The third kappa shape index (κ3) is 5.78. The van der Waals surface area contributed by atoms with Crippen LogP contribution in [0.15, 0.2) is 66.7 Å². The van der Waals surface area contributed by atoms with Crippen molar-refractivity contribution in [3.8, 4) is 6.07 Å². The van der Waals surface area contributed by atoms with Crippen LogP contribution in [0.2, 0.25) is 0 Å². The Kier molecular flexibility index (Phi) is 8.02. The summed E-state index contributed by atoms with van der Waals surface area (Å²) in [5, 5.41) is 13.2. The molecule has 3 unspecified atom stereocenters. The number of fused-ring (bicyclic) bond motifs is 2. The van der Waals surface area contributed by atoms with Crippen LogP contribution in [0.1, 0.15) is 79.7 Å². The van der Waals surface area contributed by atoms with Gasteiger partial charge in [-0.05, 0) is 60.7 Å². The van der Waals surface area contributed by atoms with Gasteiger partial charge in [-0.3, -0.25) is 14.5 Å². The van der Waals surface area contributed by atoms with E-state index < -0.39 is 0 Å². The topological polar surface area (TPSA) is 76.4 Å². The number of anilines is 2. The minimum absolute atomic E-state index is 0.0157. The molecule has 0 saturated carbocycles. The van der Waals surface area contributed by atoms with Gasteiger partial charge in [0.1, 0.15) is 11.9 Å². The number of rotatable bonds is 6. The summed E-state index contributed by atoms with van der Waals surface area (Å²) in [7, 11) is 0. The lowest BCUT2D eigenvalue weighted by Gasteiger charge is -2.45. The number of Topliss-reactive ketones (excluding diaryl/α,β-unsaturated/α-hetero) is 1. The van der Waals surface area contributed by atoms with Gasteiger partial charge in [0.05, 0.1) is 17.3 Å². The van der Waals surface area contributed by atoms with Gasteiger partial charge in [-0.15, -0.1) is 0 Å². The Morgan fingerprint density at radius 1 is 1.05 bits per heavy atom. The van der Waals surface area contributed by atoms with Gasteiger partial charge in [0.25, 0.3) is 5.91 Å². The monoisotopic (exact) mass is 548 g/mol. The summed E-state index contributed by atoms with van der Waals surface area (Å²) in [6.07, 6.45) is 1.55. The summed E-state index contributed by atoms with van der Waals surface area (Å²) in [6.45, 7) is 12.5. The number of hydrogen-bond donors (Lipinski definition) is 1. The molecule has 0 radical (unpaired) electrons. The predicted molar refractivity (Wildman–Crippen MR) is 164 cm³/mol. The highest BCUT2D eigenvalue weighted by Gasteiger charge is 2.35. The lowest BCUT2D eigenvalue weighted by Crippen LogP contribution is -2.53. The number of aryl methyl sites for hydroxylation is 1.